The number of halogens is 1. The van der Waals surface area contributed by atoms with E-state index in [1.807, 2.05) is 4.90 Å². The summed E-state index contributed by atoms with van der Waals surface area (Å²) in [5.41, 5.74) is 5.04. The number of carbonyl (C=O) groups is 2. The molecule has 1 aliphatic heterocycles. The van der Waals surface area contributed by atoms with Crippen molar-refractivity contribution in [2.75, 3.05) is 56.7 Å². The van der Waals surface area contributed by atoms with Gasteiger partial charge < -0.3 is 14.5 Å². The monoisotopic (exact) mass is 467 g/mol. The predicted molar refractivity (Wildman–Crippen MR) is 119 cm³/mol. The van der Waals surface area contributed by atoms with E-state index in [9.17, 15) is 14.8 Å². The van der Waals surface area contributed by atoms with E-state index in [0.29, 0.717) is 30.5 Å². The third-order valence-corrected chi connectivity index (χ3v) is 6.41. The van der Waals surface area contributed by atoms with Gasteiger partial charge in [0.25, 0.3) is 0 Å². The fourth-order valence-corrected chi connectivity index (χ4v) is 4.48. The Morgan fingerprint density at radius 3 is 2.61 bits per heavy atom. The Labute approximate surface area is 193 Å². The summed E-state index contributed by atoms with van der Waals surface area (Å²) >= 11 is 0. The first kappa shape index (κ1) is 24.9. The molecule has 2 heterocycles. The lowest BCUT2D eigenvalue weighted by Crippen LogP contribution is -2.47. The van der Waals surface area contributed by atoms with Gasteiger partial charge >= 0.3 is 6.01 Å². The zero-order chi connectivity index (χ0) is 23.8. The quantitative estimate of drug-likeness (QED) is 0.251. The Morgan fingerprint density at radius 1 is 1.30 bits per heavy atom. The first-order valence-corrected chi connectivity index (χ1v) is 11.5. The molecule has 2 amide bonds. The minimum absolute atomic E-state index is 0.0222. The molecule has 184 valence electrons. The lowest BCUT2D eigenvalue weighted by molar-refractivity contribution is -0.154. The SMILES string of the molecule is CCN1CCN(c2nc(OC)nc(NNC(=O)[C@@H](CC3CCCC3)CN(O)C=O)c2F)CC1. The lowest BCUT2D eigenvalue weighted by atomic mass is 9.92. The molecule has 0 spiro atoms. The molecule has 1 aliphatic carbocycles. The molecular formula is C21H34FN7O4. The number of nitrogens with zero attached hydrogens (tertiary/aromatic N) is 5. The van der Waals surface area contributed by atoms with Gasteiger partial charge in [-0.15, -0.1) is 0 Å². The number of methoxy groups -OCH3 is 1. The van der Waals surface area contributed by atoms with E-state index in [4.69, 9.17) is 4.74 Å². The highest BCUT2D eigenvalue weighted by atomic mass is 19.1. The minimum atomic E-state index is -0.690. The van der Waals surface area contributed by atoms with E-state index < -0.39 is 17.6 Å². The maximum Gasteiger partial charge on any atom is 0.320 e. The van der Waals surface area contributed by atoms with Crippen molar-refractivity contribution < 1.29 is 23.9 Å². The van der Waals surface area contributed by atoms with Crippen LogP contribution in [0.25, 0.3) is 0 Å². The number of hydrogen-bond acceptors (Lipinski definition) is 9. The molecule has 1 saturated carbocycles. The Morgan fingerprint density at radius 2 is 2.00 bits per heavy atom. The molecule has 0 unspecified atom stereocenters. The summed E-state index contributed by atoms with van der Waals surface area (Å²) in [7, 11) is 1.39. The van der Waals surface area contributed by atoms with E-state index in [0.717, 1.165) is 45.3 Å². The first-order valence-electron chi connectivity index (χ1n) is 11.5. The molecule has 1 atom stereocenters. The van der Waals surface area contributed by atoms with Gasteiger partial charge in [-0.25, -0.2) is 5.06 Å². The zero-order valence-electron chi connectivity index (χ0n) is 19.3. The second kappa shape index (κ2) is 11.9. The summed E-state index contributed by atoms with van der Waals surface area (Å²) in [5.74, 6) is -1.55. The van der Waals surface area contributed by atoms with E-state index in [1.54, 1.807) is 0 Å². The number of ether oxygens (including phenoxy) is 1. The van der Waals surface area contributed by atoms with Crippen LogP contribution in [0.2, 0.25) is 0 Å². The topological polar surface area (TPSA) is 123 Å². The van der Waals surface area contributed by atoms with Gasteiger partial charge in [-0.3, -0.25) is 25.6 Å². The van der Waals surface area contributed by atoms with Gasteiger partial charge in [0.2, 0.25) is 18.1 Å². The number of rotatable bonds is 11. The third kappa shape index (κ3) is 6.64. The van der Waals surface area contributed by atoms with Gasteiger partial charge in [0.15, 0.2) is 11.6 Å². The minimum Gasteiger partial charge on any atom is -0.467 e. The third-order valence-electron chi connectivity index (χ3n) is 6.41. The smallest absolute Gasteiger partial charge is 0.320 e. The second-order valence-corrected chi connectivity index (χ2v) is 8.54. The van der Waals surface area contributed by atoms with Crippen molar-refractivity contribution in [1.82, 2.24) is 25.4 Å². The van der Waals surface area contributed by atoms with Crippen molar-refractivity contribution >= 4 is 24.0 Å². The molecule has 2 aliphatic rings. The number of likely N-dealkylation sites (N-methyl/N-ethyl adjacent to an activating group) is 1. The van der Waals surface area contributed by atoms with Gasteiger partial charge in [-0.2, -0.15) is 14.4 Å². The van der Waals surface area contributed by atoms with Crippen molar-refractivity contribution in [3.05, 3.63) is 5.82 Å². The molecule has 1 saturated heterocycles. The van der Waals surface area contributed by atoms with Crippen molar-refractivity contribution in [2.24, 2.45) is 11.8 Å². The number of hydrazine groups is 1. The fraction of sp³-hybridized carbons (Fsp3) is 0.714. The van der Waals surface area contributed by atoms with Crippen LogP contribution in [0.15, 0.2) is 0 Å². The van der Waals surface area contributed by atoms with Crippen LogP contribution in [0.3, 0.4) is 0 Å². The highest BCUT2D eigenvalue weighted by Crippen LogP contribution is 2.31. The number of aromatic nitrogens is 2. The molecule has 1 aromatic heterocycles. The zero-order valence-corrected chi connectivity index (χ0v) is 19.3. The van der Waals surface area contributed by atoms with E-state index >= 15 is 4.39 Å². The van der Waals surface area contributed by atoms with Gasteiger partial charge in [0.1, 0.15) is 0 Å². The summed E-state index contributed by atoms with van der Waals surface area (Å²) in [6.07, 6.45) is 5.03. The molecule has 33 heavy (non-hydrogen) atoms. The van der Waals surface area contributed by atoms with Crippen molar-refractivity contribution in [3.8, 4) is 6.01 Å². The summed E-state index contributed by atoms with van der Waals surface area (Å²) < 4.78 is 20.4. The summed E-state index contributed by atoms with van der Waals surface area (Å²) in [6.45, 7) is 5.67. The van der Waals surface area contributed by atoms with Crippen LogP contribution in [0.4, 0.5) is 16.0 Å². The maximum atomic E-state index is 15.3. The number of hydroxylamine groups is 2. The van der Waals surface area contributed by atoms with E-state index in [-0.39, 0.29) is 30.6 Å². The fourth-order valence-electron chi connectivity index (χ4n) is 4.48. The summed E-state index contributed by atoms with van der Waals surface area (Å²) in [5, 5.41) is 10.1. The Kier molecular flexibility index (Phi) is 9.01. The lowest BCUT2D eigenvalue weighted by Gasteiger charge is -2.35. The van der Waals surface area contributed by atoms with Gasteiger partial charge in [0.05, 0.1) is 19.6 Å². The standard InChI is InChI=1S/C21H34FN7O4/c1-3-27-8-10-28(11-9-27)19-17(22)18(23-21(24-19)33-2)25-26-20(31)16(13-29(32)14-30)12-15-6-4-5-7-15/h14-16,32H,3-13H2,1-2H3,(H,26,31)(H,23,24,25)/t16-/m0/s1. The molecular weight excluding hydrogens is 433 g/mol. The number of piperazine rings is 1. The molecule has 2 fully saturated rings. The predicted octanol–water partition coefficient (Wildman–Crippen LogP) is 1.25. The van der Waals surface area contributed by atoms with Gasteiger partial charge in [-0.05, 0) is 18.9 Å². The second-order valence-electron chi connectivity index (χ2n) is 8.54. The Balaban J connectivity index is 1.70. The number of anilines is 2. The molecule has 0 radical (unpaired) electrons. The Hall–Kier alpha value is -2.73. The van der Waals surface area contributed by atoms with Crippen molar-refractivity contribution in [2.45, 2.75) is 39.0 Å². The average Bonchev–Trinajstić information content (AvgIpc) is 3.36. The highest BCUT2D eigenvalue weighted by molar-refractivity contribution is 5.80. The van der Waals surface area contributed by atoms with E-state index in [2.05, 4.69) is 32.6 Å². The molecule has 12 heteroatoms. The summed E-state index contributed by atoms with van der Waals surface area (Å²) in [6, 6.07) is -0.0222. The number of amides is 2. The summed E-state index contributed by atoms with van der Waals surface area (Å²) in [4.78, 5) is 36.0. The number of hydrogen-bond donors (Lipinski definition) is 3. The van der Waals surface area contributed by atoms with Crippen LogP contribution < -0.4 is 20.5 Å². The van der Waals surface area contributed by atoms with Crippen LogP contribution >= 0.6 is 0 Å². The van der Waals surface area contributed by atoms with Crippen LogP contribution in [0.5, 0.6) is 6.01 Å². The molecule has 1 aromatic rings. The van der Waals surface area contributed by atoms with Crippen LogP contribution in [0, 0.1) is 17.7 Å². The first-order chi connectivity index (χ1) is 15.9. The molecule has 3 rings (SSSR count). The molecule has 0 bridgehead atoms. The number of carbonyl (C=O) groups excluding carboxylic acids is 2. The van der Waals surface area contributed by atoms with Crippen LogP contribution in [-0.4, -0.2) is 83.8 Å². The maximum absolute atomic E-state index is 15.3. The number of nitrogens with one attached hydrogen (secondary N) is 2. The highest BCUT2D eigenvalue weighted by Gasteiger charge is 2.28. The van der Waals surface area contributed by atoms with Crippen LogP contribution in [-0.2, 0) is 9.59 Å². The normalized spacial score (nSPS) is 18.1. The van der Waals surface area contributed by atoms with Crippen molar-refractivity contribution in [3.63, 3.8) is 0 Å². The Bertz CT molecular complexity index is 801. The average molecular weight is 468 g/mol. The van der Waals surface area contributed by atoms with Crippen LogP contribution in [0.1, 0.15) is 39.0 Å². The van der Waals surface area contributed by atoms with Gasteiger partial charge in [0, 0.05) is 26.2 Å². The molecule has 0 aromatic carbocycles. The molecule has 3 N–H and O–H groups in total. The van der Waals surface area contributed by atoms with E-state index in [1.165, 1.54) is 7.11 Å². The van der Waals surface area contributed by atoms with Crippen molar-refractivity contribution in [1.29, 1.82) is 0 Å². The molecule has 11 nitrogen and oxygen atoms in total. The van der Waals surface area contributed by atoms with Gasteiger partial charge in [-0.1, -0.05) is 32.6 Å². The largest absolute Gasteiger partial charge is 0.467 e.